The van der Waals surface area contributed by atoms with Gasteiger partial charge in [-0.25, -0.2) is 0 Å². The van der Waals surface area contributed by atoms with Crippen molar-refractivity contribution >= 4 is 28.3 Å². The molecule has 4 aromatic carbocycles. The molecule has 4 nitrogen and oxygen atoms in total. The van der Waals surface area contributed by atoms with Crippen molar-refractivity contribution in [2.24, 2.45) is 5.92 Å². The molecule has 4 aromatic rings. The predicted octanol–water partition coefficient (Wildman–Crippen LogP) is 6.02. The number of benzene rings is 4. The van der Waals surface area contributed by atoms with Crippen LogP contribution in [0.1, 0.15) is 22.6 Å². The van der Waals surface area contributed by atoms with E-state index in [-0.39, 0.29) is 0 Å². The van der Waals surface area contributed by atoms with E-state index in [0.29, 0.717) is 0 Å². The molecular weight excluding hydrogens is 424 g/mol. The molecule has 0 aliphatic heterocycles. The minimum absolute atomic E-state index is 0.624. The van der Waals surface area contributed by atoms with Crippen molar-refractivity contribution in [3.8, 4) is 0 Å². The van der Waals surface area contributed by atoms with Crippen LogP contribution in [0.25, 0.3) is 16.3 Å². The fourth-order valence-electron chi connectivity index (χ4n) is 4.32. The lowest BCUT2D eigenvalue weighted by Crippen LogP contribution is -2.32. The van der Waals surface area contributed by atoms with E-state index in [0.717, 1.165) is 33.0 Å². The van der Waals surface area contributed by atoms with Crippen molar-refractivity contribution in [1.82, 2.24) is 0 Å². The summed E-state index contributed by atoms with van der Waals surface area (Å²) in [5, 5.41) is 1.98. The lowest BCUT2D eigenvalue weighted by atomic mass is 9.80. The Morgan fingerprint density at radius 2 is 1.15 bits per heavy atom. The molecule has 0 saturated heterocycles. The SMILES string of the molecule is COC(=O)C(C(=O)OC)C(C=C(c1ccccc1)c1ccccc1)c1cccc2ccccc12. The first-order valence-corrected chi connectivity index (χ1v) is 11.1. The average molecular weight is 451 g/mol. The van der Waals surface area contributed by atoms with Gasteiger partial charge in [0.1, 0.15) is 0 Å². The summed E-state index contributed by atoms with van der Waals surface area (Å²) in [4.78, 5) is 25.9. The third-order valence-electron chi connectivity index (χ3n) is 5.97. The minimum Gasteiger partial charge on any atom is -0.468 e. The van der Waals surface area contributed by atoms with Crippen LogP contribution in [0.2, 0.25) is 0 Å². The molecule has 1 atom stereocenters. The molecule has 0 N–H and O–H groups in total. The zero-order valence-corrected chi connectivity index (χ0v) is 19.2. The predicted molar refractivity (Wildman–Crippen MR) is 134 cm³/mol. The number of rotatable bonds is 7. The van der Waals surface area contributed by atoms with Crippen molar-refractivity contribution in [2.75, 3.05) is 14.2 Å². The zero-order chi connectivity index (χ0) is 23.9. The second kappa shape index (κ2) is 10.6. The van der Waals surface area contributed by atoms with Gasteiger partial charge in [-0.3, -0.25) is 9.59 Å². The van der Waals surface area contributed by atoms with Gasteiger partial charge in [-0.1, -0.05) is 109 Å². The maximum atomic E-state index is 13.0. The summed E-state index contributed by atoms with van der Waals surface area (Å²) < 4.78 is 10.1. The van der Waals surface area contributed by atoms with Crippen molar-refractivity contribution < 1.29 is 19.1 Å². The molecule has 0 aliphatic carbocycles. The molecule has 4 heteroatoms. The van der Waals surface area contributed by atoms with Crippen LogP contribution in [0.4, 0.5) is 0 Å². The Labute approximate surface area is 199 Å². The highest BCUT2D eigenvalue weighted by atomic mass is 16.5. The fraction of sp³-hybridized carbons (Fsp3) is 0.133. The fourth-order valence-corrected chi connectivity index (χ4v) is 4.32. The first-order chi connectivity index (χ1) is 16.6. The van der Waals surface area contributed by atoms with Crippen LogP contribution < -0.4 is 0 Å². The van der Waals surface area contributed by atoms with Crippen molar-refractivity contribution in [3.05, 3.63) is 126 Å². The number of carbonyl (C=O) groups is 2. The molecular formula is C30H26O4. The maximum absolute atomic E-state index is 13.0. The van der Waals surface area contributed by atoms with E-state index in [1.807, 2.05) is 109 Å². The van der Waals surface area contributed by atoms with E-state index in [4.69, 9.17) is 9.47 Å². The van der Waals surface area contributed by atoms with Crippen molar-refractivity contribution in [1.29, 1.82) is 0 Å². The molecule has 4 rings (SSSR count). The topological polar surface area (TPSA) is 52.6 Å². The van der Waals surface area contributed by atoms with Gasteiger partial charge in [-0.05, 0) is 33.0 Å². The highest BCUT2D eigenvalue weighted by Gasteiger charge is 2.38. The van der Waals surface area contributed by atoms with E-state index in [9.17, 15) is 9.59 Å². The average Bonchev–Trinajstić information content (AvgIpc) is 2.91. The van der Waals surface area contributed by atoms with E-state index in [1.165, 1.54) is 14.2 Å². The molecule has 170 valence electrons. The van der Waals surface area contributed by atoms with E-state index in [2.05, 4.69) is 0 Å². The quantitative estimate of drug-likeness (QED) is 0.255. The van der Waals surface area contributed by atoms with Crippen LogP contribution >= 0.6 is 0 Å². The second-order valence-electron chi connectivity index (χ2n) is 7.93. The number of fused-ring (bicyclic) bond motifs is 1. The number of hydrogen-bond donors (Lipinski definition) is 0. The van der Waals surface area contributed by atoms with Crippen LogP contribution in [0.3, 0.4) is 0 Å². The molecule has 0 saturated carbocycles. The number of methoxy groups -OCH3 is 2. The number of allylic oxidation sites excluding steroid dienone is 1. The third-order valence-corrected chi connectivity index (χ3v) is 5.97. The highest BCUT2D eigenvalue weighted by Crippen LogP contribution is 2.37. The number of ether oxygens (including phenoxy) is 2. The summed E-state index contributed by atoms with van der Waals surface area (Å²) in [7, 11) is 2.58. The van der Waals surface area contributed by atoms with Gasteiger partial charge < -0.3 is 9.47 Å². The number of hydrogen-bond acceptors (Lipinski definition) is 4. The standard InChI is InChI=1S/C30H26O4/c1-33-29(31)28(30(32)34-2)27(25-19-11-17-21-16-9-10-18-24(21)25)20-26(22-12-5-3-6-13-22)23-14-7-4-8-15-23/h3-20,27-28H,1-2H3. The lowest BCUT2D eigenvalue weighted by Gasteiger charge is -2.24. The van der Waals surface area contributed by atoms with Gasteiger partial charge in [0.05, 0.1) is 14.2 Å². The number of esters is 2. The van der Waals surface area contributed by atoms with Crippen molar-refractivity contribution in [2.45, 2.75) is 5.92 Å². The summed E-state index contributed by atoms with van der Waals surface area (Å²) in [6.07, 6.45) is 1.99. The van der Waals surface area contributed by atoms with E-state index >= 15 is 0 Å². The Morgan fingerprint density at radius 1 is 0.647 bits per heavy atom. The summed E-state index contributed by atoms with van der Waals surface area (Å²) in [6.45, 7) is 0. The Hall–Kier alpha value is -4.18. The Bertz CT molecular complexity index is 1250. The lowest BCUT2D eigenvalue weighted by molar-refractivity contribution is -0.159. The smallest absolute Gasteiger partial charge is 0.321 e. The summed E-state index contributed by atoms with van der Waals surface area (Å²) in [5.41, 5.74) is 3.72. The van der Waals surface area contributed by atoms with Gasteiger partial charge >= 0.3 is 11.9 Å². The van der Waals surface area contributed by atoms with Crippen molar-refractivity contribution in [3.63, 3.8) is 0 Å². The molecule has 0 heterocycles. The minimum atomic E-state index is -1.16. The van der Waals surface area contributed by atoms with E-state index in [1.54, 1.807) is 0 Å². The van der Waals surface area contributed by atoms with Gasteiger partial charge in [0.2, 0.25) is 0 Å². The van der Waals surface area contributed by atoms with Gasteiger partial charge in [-0.2, -0.15) is 0 Å². The number of carbonyl (C=O) groups excluding carboxylic acids is 2. The molecule has 0 amide bonds. The summed E-state index contributed by atoms with van der Waals surface area (Å²) >= 11 is 0. The van der Waals surface area contributed by atoms with Gasteiger partial charge in [0.25, 0.3) is 0 Å². The third kappa shape index (κ3) is 4.76. The Kier molecular flexibility index (Phi) is 7.19. The zero-order valence-electron chi connectivity index (χ0n) is 19.2. The molecule has 0 aromatic heterocycles. The highest BCUT2D eigenvalue weighted by molar-refractivity contribution is 5.98. The Balaban J connectivity index is 2.02. The second-order valence-corrected chi connectivity index (χ2v) is 7.93. The Morgan fingerprint density at radius 3 is 1.71 bits per heavy atom. The molecule has 0 radical (unpaired) electrons. The molecule has 0 aliphatic rings. The maximum Gasteiger partial charge on any atom is 0.321 e. The largest absolute Gasteiger partial charge is 0.468 e. The van der Waals surface area contributed by atoms with Crippen LogP contribution in [-0.4, -0.2) is 26.2 Å². The van der Waals surface area contributed by atoms with Crippen LogP contribution in [0, 0.1) is 5.92 Å². The molecule has 1 unspecified atom stereocenters. The van der Waals surface area contributed by atoms with Crippen LogP contribution in [0.5, 0.6) is 0 Å². The first kappa shape index (κ1) is 23.0. The van der Waals surface area contributed by atoms with Crippen LogP contribution in [-0.2, 0) is 19.1 Å². The molecule has 0 spiro atoms. The van der Waals surface area contributed by atoms with E-state index < -0.39 is 23.8 Å². The molecule has 0 fully saturated rings. The van der Waals surface area contributed by atoms with Crippen LogP contribution in [0.15, 0.2) is 109 Å². The van der Waals surface area contributed by atoms with Gasteiger partial charge in [0.15, 0.2) is 5.92 Å². The first-order valence-electron chi connectivity index (χ1n) is 11.1. The molecule has 0 bridgehead atoms. The summed E-state index contributed by atoms with van der Waals surface area (Å²) in [6, 6.07) is 33.7. The normalized spacial score (nSPS) is 11.6. The van der Waals surface area contributed by atoms with Gasteiger partial charge in [-0.15, -0.1) is 0 Å². The molecule has 34 heavy (non-hydrogen) atoms. The van der Waals surface area contributed by atoms with Gasteiger partial charge in [0, 0.05) is 5.92 Å². The monoisotopic (exact) mass is 450 g/mol. The summed E-state index contributed by atoms with van der Waals surface area (Å²) in [5.74, 6) is -3.06.